The Morgan fingerprint density at radius 1 is 1.22 bits per heavy atom. The van der Waals surface area contributed by atoms with E-state index >= 15 is 0 Å². The lowest BCUT2D eigenvalue weighted by Gasteiger charge is -2.13. The number of anilines is 1. The monoisotopic (exact) mass is 320 g/mol. The summed E-state index contributed by atoms with van der Waals surface area (Å²) in [5.74, 6) is 0.566. The molecule has 3 aromatic rings. The second-order valence-electron chi connectivity index (χ2n) is 4.92. The molecule has 0 saturated carbocycles. The van der Waals surface area contributed by atoms with Gasteiger partial charge in [-0.05, 0) is 30.7 Å². The molecule has 0 bridgehead atoms. The molecule has 0 aliphatic heterocycles. The summed E-state index contributed by atoms with van der Waals surface area (Å²) >= 11 is 0. The van der Waals surface area contributed by atoms with Gasteiger partial charge in [0.05, 0.1) is 12.6 Å². The Kier molecular flexibility index (Phi) is 3.73. The summed E-state index contributed by atoms with van der Waals surface area (Å²) in [6.45, 7) is -1.08. The first-order chi connectivity index (χ1) is 11.0. The van der Waals surface area contributed by atoms with Gasteiger partial charge in [0, 0.05) is 17.8 Å². The van der Waals surface area contributed by atoms with Crippen molar-refractivity contribution in [2.45, 2.75) is 13.5 Å². The molecule has 8 heteroatoms. The van der Waals surface area contributed by atoms with Crippen LogP contribution in [-0.2, 0) is 0 Å². The molecule has 0 amide bonds. The number of ether oxygens (including phenoxy) is 2. The molecular weight excluding hydrogens is 306 g/mol. The number of nitrogen functional groups attached to an aromatic ring is 1. The molecule has 0 unspecified atom stereocenters. The fourth-order valence-corrected chi connectivity index (χ4v) is 2.38. The van der Waals surface area contributed by atoms with E-state index < -0.39 is 6.61 Å². The lowest BCUT2D eigenvalue weighted by atomic mass is 10.1. The Bertz CT molecular complexity index is 864. The Balaban J connectivity index is 2.24. The number of methoxy groups -OCH3 is 1. The average Bonchev–Trinajstić information content (AvgIpc) is 2.90. The van der Waals surface area contributed by atoms with Crippen LogP contribution in [0.25, 0.3) is 16.8 Å². The Morgan fingerprint density at radius 3 is 2.70 bits per heavy atom. The highest BCUT2D eigenvalue weighted by molar-refractivity contribution is 5.82. The Morgan fingerprint density at radius 2 is 2.00 bits per heavy atom. The number of aryl methyl sites for hydroxylation is 1. The molecule has 1 aromatic carbocycles. The molecule has 23 heavy (non-hydrogen) atoms. The maximum absolute atomic E-state index is 12.7. The van der Waals surface area contributed by atoms with Gasteiger partial charge in [-0.1, -0.05) is 0 Å². The lowest BCUT2D eigenvalue weighted by molar-refractivity contribution is -0.0495. The summed E-state index contributed by atoms with van der Waals surface area (Å²) in [6, 6.07) is 6.46. The van der Waals surface area contributed by atoms with Gasteiger partial charge in [0.2, 0.25) is 5.95 Å². The van der Waals surface area contributed by atoms with Crippen LogP contribution in [0.2, 0.25) is 0 Å². The minimum atomic E-state index is -2.97. The van der Waals surface area contributed by atoms with Crippen LogP contribution in [-0.4, -0.2) is 28.3 Å². The van der Waals surface area contributed by atoms with Crippen molar-refractivity contribution in [3.63, 3.8) is 0 Å². The van der Waals surface area contributed by atoms with Crippen LogP contribution in [0, 0.1) is 6.92 Å². The van der Waals surface area contributed by atoms with Gasteiger partial charge in [0.15, 0.2) is 0 Å². The van der Waals surface area contributed by atoms with Crippen LogP contribution in [0.3, 0.4) is 0 Å². The van der Waals surface area contributed by atoms with Crippen molar-refractivity contribution < 1.29 is 18.3 Å². The van der Waals surface area contributed by atoms with Crippen LogP contribution < -0.4 is 15.2 Å². The van der Waals surface area contributed by atoms with E-state index in [0.717, 1.165) is 5.56 Å². The number of nitrogens with zero attached hydrogens (tertiary/aromatic N) is 3. The van der Waals surface area contributed by atoms with Gasteiger partial charge in [-0.25, -0.2) is 0 Å². The van der Waals surface area contributed by atoms with Gasteiger partial charge in [0.1, 0.15) is 17.2 Å². The number of aromatic nitrogens is 3. The number of fused-ring (bicyclic) bond motifs is 1. The molecule has 2 N–H and O–H groups in total. The average molecular weight is 320 g/mol. The summed E-state index contributed by atoms with van der Waals surface area (Å²) in [7, 11) is 1.44. The molecule has 0 fully saturated rings. The van der Waals surface area contributed by atoms with Gasteiger partial charge >= 0.3 is 6.61 Å². The molecule has 0 aliphatic carbocycles. The first-order valence-electron chi connectivity index (χ1n) is 6.73. The molecule has 3 rings (SSSR count). The largest absolute Gasteiger partial charge is 0.497 e. The fraction of sp³-hybridized carbons (Fsp3) is 0.200. The van der Waals surface area contributed by atoms with Crippen molar-refractivity contribution in [2.75, 3.05) is 12.8 Å². The van der Waals surface area contributed by atoms with Gasteiger partial charge in [-0.15, -0.1) is 10.2 Å². The molecule has 0 atom stereocenters. The maximum Gasteiger partial charge on any atom is 0.387 e. The number of halogens is 2. The minimum Gasteiger partial charge on any atom is -0.497 e. The predicted molar refractivity (Wildman–Crippen MR) is 80.8 cm³/mol. The summed E-state index contributed by atoms with van der Waals surface area (Å²) in [4.78, 5) is 0. The smallest absolute Gasteiger partial charge is 0.387 e. The van der Waals surface area contributed by atoms with E-state index in [0.29, 0.717) is 22.5 Å². The number of alkyl halides is 2. The van der Waals surface area contributed by atoms with Crippen molar-refractivity contribution in [3.05, 3.63) is 36.0 Å². The fourth-order valence-electron chi connectivity index (χ4n) is 2.38. The van der Waals surface area contributed by atoms with Crippen molar-refractivity contribution in [3.8, 4) is 22.8 Å². The zero-order chi connectivity index (χ0) is 16.6. The van der Waals surface area contributed by atoms with Crippen molar-refractivity contribution in [1.29, 1.82) is 0 Å². The van der Waals surface area contributed by atoms with Gasteiger partial charge < -0.3 is 15.2 Å². The topological polar surface area (TPSA) is 74.7 Å². The Labute approximate surface area is 130 Å². The molecule has 0 spiro atoms. The summed E-state index contributed by atoms with van der Waals surface area (Å²) < 4.78 is 36.7. The second kappa shape index (κ2) is 5.71. The highest BCUT2D eigenvalue weighted by atomic mass is 19.3. The van der Waals surface area contributed by atoms with E-state index in [4.69, 9.17) is 10.5 Å². The quantitative estimate of drug-likeness (QED) is 0.800. The molecular formula is C15H14F2N4O2. The molecule has 0 saturated heterocycles. The highest BCUT2D eigenvalue weighted by Gasteiger charge is 2.18. The molecule has 120 valence electrons. The van der Waals surface area contributed by atoms with Crippen LogP contribution in [0.15, 0.2) is 30.5 Å². The van der Waals surface area contributed by atoms with Gasteiger partial charge in [-0.2, -0.15) is 8.78 Å². The van der Waals surface area contributed by atoms with Crippen molar-refractivity contribution >= 4 is 11.5 Å². The van der Waals surface area contributed by atoms with E-state index in [1.165, 1.54) is 13.2 Å². The molecule has 2 aromatic heterocycles. The number of nitrogens with two attached hydrogens (primary N) is 1. The first kappa shape index (κ1) is 15.0. The standard InChI is InChI=1S/C15H14F2N4O2/c1-8-5-11-13(19-20-15(18)21(11)7-8)10-4-3-9(22-2)6-12(10)23-14(16)17/h3-7,14H,1-2H3,(H2,18,20). The minimum absolute atomic E-state index is 0.0424. The van der Waals surface area contributed by atoms with E-state index in [1.54, 1.807) is 22.7 Å². The summed E-state index contributed by atoms with van der Waals surface area (Å²) in [5, 5.41) is 7.93. The zero-order valence-corrected chi connectivity index (χ0v) is 12.5. The zero-order valence-electron chi connectivity index (χ0n) is 12.5. The third-order valence-electron chi connectivity index (χ3n) is 3.36. The van der Waals surface area contributed by atoms with E-state index in [2.05, 4.69) is 14.9 Å². The molecule has 0 radical (unpaired) electrons. The third kappa shape index (κ3) is 2.75. The SMILES string of the molecule is COc1ccc(-c2nnc(N)n3cc(C)cc23)c(OC(F)F)c1. The predicted octanol–water partition coefficient (Wildman–Crippen LogP) is 2.90. The van der Waals surface area contributed by atoms with Crippen LogP contribution in [0.5, 0.6) is 11.5 Å². The first-order valence-corrected chi connectivity index (χ1v) is 6.73. The molecule has 2 heterocycles. The normalized spacial score (nSPS) is 11.2. The second-order valence-corrected chi connectivity index (χ2v) is 4.92. The van der Waals surface area contributed by atoms with Gasteiger partial charge in [-0.3, -0.25) is 4.40 Å². The lowest BCUT2D eigenvalue weighted by Crippen LogP contribution is -2.06. The van der Waals surface area contributed by atoms with Crippen LogP contribution in [0.4, 0.5) is 14.7 Å². The molecule has 0 aliphatic rings. The summed E-state index contributed by atoms with van der Waals surface area (Å²) in [6.07, 6.45) is 1.79. The number of hydrogen-bond acceptors (Lipinski definition) is 5. The maximum atomic E-state index is 12.7. The third-order valence-corrected chi connectivity index (χ3v) is 3.36. The highest BCUT2D eigenvalue weighted by Crippen LogP contribution is 2.36. The van der Waals surface area contributed by atoms with Crippen molar-refractivity contribution in [2.24, 2.45) is 0 Å². The number of hydrogen-bond donors (Lipinski definition) is 1. The number of benzene rings is 1. The van der Waals surface area contributed by atoms with E-state index in [1.807, 2.05) is 13.0 Å². The van der Waals surface area contributed by atoms with E-state index in [-0.39, 0.29) is 11.7 Å². The van der Waals surface area contributed by atoms with Crippen LogP contribution >= 0.6 is 0 Å². The number of rotatable bonds is 4. The van der Waals surface area contributed by atoms with Crippen molar-refractivity contribution in [1.82, 2.24) is 14.6 Å². The van der Waals surface area contributed by atoms with Crippen LogP contribution in [0.1, 0.15) is 5.56 Å². The summed E-state index contributed by atoms with van der Waals surface area (Å²) in [5.41, 5.74) is 8.16. The van der Waals surface area contributed by atoms with E-state index in [9.17, 15) is 8.78 Å². The Hall–Kier alpha value is -2.90. The molecule has 6 nitrogen and oxygen atoms in total. The van der Waals surface area contributed by atoms with Gasteiger partial charge in [0.25, 0.3) is 0 Å².